The SMILES string of the molecule is CN=C(NCCSc1ccccc1)NCC1(c2ccc(F)cc2)CCOCC1.I. The molecule has 4 nitrogen and oxygen atoms in total. The summed E-state index contributed by atoms with van der Waals surface area (Å²) in [5.74, 6) is 1.55. The largest absolute Gasteiger partial charge is 0.381 e. The van der Waals surface area contributed by atoms with Crippen LogP contribution in [0.5, 0.6) is 0 Å². The monoisotopic (exact) mass is 529 g/mol. The zero-order chi connectivity index (χ0) is 19.7. The minimum atomic E-state index is -0.202. The van der Waals surface area contributed by atoms with Crippen LogP contribution in [0.1, 0.15) is 18.4 Å². The molecule has 2 aromatic carbocycles. The molecule has 2 N–H and O–H groups in total. The summed E-state index contributed by atoms with van der Waals surface area (Å²) in [7, 11) is 1.79. The Labute approximate surface area is 194 Å². The van der Waals surface area contributed by atoms with Crippen LogP contribution < -0.4 is 10.6 Å². The molecule has 0 amide bonds. The van der Waals surface area contributed by atoms with Crippen molar-refractivity contribution in [2.45, 2.75) is 23.2 Å². The summed E-state index contributed by atoms with van der Waals surface area (Å²) in [5.41, 5.74) is 1.09. The van der Waals surface area contributed by atoms with Crippen molar-refractivity contribution in [3.05, 3.63) is 66.0 Å². The van der Waals surface area contributed by atoms with E-state index in [4.69, 9.17) is 4.74 Å². The number of benzene rings is 2. The van der Waals surface area contributed by atoms with Crippen LogP contribution in [0.25, 0.3) is 0 Å². The first-order valence-electron chi connectivity index (χ1n) is 9.68. The fourth-order valence-electron chi connectivity index (χ4n) is 3.46. The summed E-state index contributed by atoms with van der Waals surface area (Å²) in [4.78, 5) is 5.62. The smallest absolute Gasteiger partial charge is 0.191 e. The van der Waals surface area contributed by atoms with Gasteiger partial charge in [0.1, 0.15) is 5.82 Å². The third-order valence-electron chi connectivity index (χ3n) is 5.13. The van der Waals surface area contributed by atoms with Crippen molar-refractivity contribution in [3.8, 4) is 0 Å². The maximum Gasteiger partial charge on any atom is 0.191 e. The van der Waals surface area contributed by atoms with E-state index >= 15 is 0 Å². The topological polar surface area (TPSA) is 45.7 Å². The lowest BCUT2D eigenvalue weighted by Crippen LogP contribution is -2.48. The summed E-state index contributed by atoms with van der Waals surface area (Å²) < 4.78 is 18.9. The van der Waals surface area contributed by atoms with E-state index in [0.717, 1.165) is 56.4 Å². The van der Waals surface area contributed by atoms with Crippen LogP contribution in [-0.4, -0.2) is 45.1 Å². The zero-order valence-electron chi connectivity index (χ0n) is 16.7. The van der Waals surface area contributed by atoms with E-state index in [-0.39, 0.29) is 35.2 Å². The Morgan fingerprint density at radius 1 is 1.07 bits per heavy atom. The molecule has 3 rings (SSSR count). The zero-order valence-corrected chi connectivity index (χ0v) is 19.8. The normalized spacial score (nSPS) is 16.0. The number of nitrogens with one attached hydrogen (secondary N) is 2. The van der Waals surface area contributed by atoms with Gasteiger partial charge in [-0.1, -0.05) is 30.3 Å². The second kappa shape index (κ2) is 12.4. The van der Waals surface area contributed by atoms with Crippen molar-refractivity contribution in [1.29, 1.82) is 0 Å². The van der Waals surface area contributed by atoms with Crippen molar-refractivity contribution in [3.63, 3.8) is 0 Å². The molecule has 0 atom stereocenters. The van der Waals surface area contributed by atoms with E-state index in [0.29, 0.717) is 0 Å². The van der Waals surface area contributed by atoms with E-state index in [9.17, 15) is 4.39 Å². The summed E-state index contributed by atoms with van der Waals surface area (Å²) in [6, 6.07) is 17.3. The Balaban J connectivity index is 0.00000300. The lowest BCUT2D eigenvalue weighted by atomic mass is 9.74. The maximum absolute atomic E-state index is 13.4. The van der Waals surface area contributed by atoms with Crippen LogP contribution in [0.2, 0.25) is 0 Å². The van der Waals surface area contributed by atoms with Crippen molar-refractivity contribution in [1.82, 2.24) is 10.6 Å². The minimum absolute atomic E-state index is 0. The number of rotatable bonds is 7. The maximum atomic E-state index is 13.4. The molecule has 0 bridgehead atoms. The second-order valence-electron chi connectivity index (χ2n) is 6.91. The van der Waals surface area contributed by atoms with Gasteiger partial charge >= 0.3 is 0 Å². The van der Waals surface area contributed by atoms with Crippen molar-refractivity contribution in [2.75, 3.05) is 39.1 Å². The van der Waals surface area contributed by atoms with Gasteiger partial charge in [-0.2, -0.15) is 0 Å². The molecule has 0 aliphatic carbocycles. The first-order chi connectivity index (χ1) is 13.7. The average molecular weight is 529 g/mol. The van der Waals surface area contributed by atoms with Gasteiger partial charge in [0.15, 0.2) is 5.96 Å². The fourth-order valence-corrected chi connectivity index (χ4v) is 4.25. The third-order valence-corrected chi connectivity index (χ3v) is 6.14. The summed E-state index contributed by atoms with van der Waals surface area (Å²) in [6.45, 7) is 3.01. The lowest BCUT2D eigenvalue weighted by molar-refractivity contribution is 0.0513. The molecule has 1 heterocycles. The van der Waals surface area contributed by atoms with Crippen LogP contribution >= 0.6 is 35.7 Å². The van der Waals surface area contributed by atoms with Gasteiger partial charge in [-0.25, -0.2) is 4.39 Å². The van der Waals surface area contributed by atoms with E-state index in [1.807, 2.05) is 30.0 Å². The molecular weight excluding hydrogens is 500 g/mol. The fraction of sp³-hybridized carbons (Fsp3) is 0.409. The number of thioether (sulfide) groups is 1. The second-order valence-corrected chi connectivity index (χ2v) is 8.08. The Hall–Kier alpha value is -1.32. The van der Waals surface area contributed by atoms with E-state index < -0.39 is 0 Å². The van der Waals surface area contributed by atoms with Gasteiger partial charge in [0.25, 0.3) is 0 Å². The highest BCUT2D eigenvalue weighted by Gasteiger charge is 2.34. The molecule has 0 saturated carbocycles. The van der Waals surface area contributed by atoms with Crippen LogP contribution in [0.4, 0.5) is 4.39 Å². The van der Waals surface area contributed by atoms with Gasteiger partial charge in [0, 0.05) is 49.4 Å². The van der Waals surface area contributed by atoms with E-state index in [1.165, 1.54) is 4.90 Å². The molecule has 7 heteroatoms. The molecular formula is C22H29FIN3OS. The highest BCUT2D eigenvalue weighted by atomic mass is 127. The van der Waals surface area contributed by atoms with Crippen LogP contribution in [0, 0.1) is 5.82 Å². The molecule has 0 unspecified atom stereocenters. The molecule has 158 valence electrons. The Morgan fingerprint density at radius 2 is 1.76 bits per heavy atom. The molecule has 1 saturated heterocycles. The van der Waals surface area contributed by atoms with Gasteiger partial charge in [0.05, 0.1) is 0 Å². The Morgan fingerprint density at radius 3 is 2.41 bits per heavy atom. The van der Waals surface area contributed by atoms with Crippen LogP contribution in [0.15, 0.2) is 64.5 Å². The number of hydrogen-bond acceptors (Lipinski definition) is 3. The Bertz CT molecular complexity index is 752. The third kappa shape index (κ3) is 7.15. The van der Waals surface area contributed by atoms with Crippen molar-refractivity contribution < 1.29 is 9.13 Å². The van der Waals surface area contributed by atoms with Crippen LogP contribution in [0.3, 0.4) is 0 Å². The molecule has 1 aliphatic heterocycles. The standard InChI is InChI=1S/C22H28FN3OS.HI/c1-24-21(25-13-16-28-20-5-3-2-4-6-20)26-17-22(11-14-27-15-12-22)18-7-9-19(23)10-8-18;/h2-10H,11-17H2,1H3,(H2,24,25,26);1H. The van der Waals surface area contributed by atoms with Gasteiger partial charge in [-0.3, -0.25) is 4.99 Å². The van der Waals surface area contributed by atoms with Crippen LogP contribution in [-0.2, 0) is 10.2 Å². The molecule has 0 aromatic heterocycles. The van der Waals surface area contributed by atoms with Gasteiger partial charge in [-0.15, -0.1) is 35.7 Å². The number of hydrogen-bond donors (Lipinski definition) is 2. The molecule has 0 spiro atoms. The number of guanidine groups is 1. The first-order valence-corrected chi connectivity index (χ1v) is 10.7. The van der Waals surface area contributed by atoms with Crippen molar-refractivity contribution >= 4 is 41.7 Å². The minimum Gasteiger partial charge on any atom is -0.381 e. The summed E-state index contributed by atoms with van der Waals surface area (Å²) in [6.07, 6.45) is 1.82. The quantitative estimate of drug-likeness (QED) is 0.183. The Kier molecular flexibility index (Phi) is 10.2. The lowest BCUT2D eigenvalue weighted by Gasteiger charge is -2.38. The number of halogens is 2. The highest BCUT2D eigenvalue weighted by molar-refractivity contribution is 14.0. The van der Waals surface area contributed by atoms with Gasteiger partial charge in [0.2, 0.25) is 0 Å². The molecule has 1 fully saturated rings. The summed E-state index contributed by atoms with van der Waals surface area (Å²) in [5, 5.41) is 6.86. The number of aliphatic imine (C=N–C) groups is 1. The molecule has 1 aliphatic rings. The number of nitrogens with zero attached hydrogens (tertiary/aromatic N) is 1. The molecule has 29 heavy (non-hydrogen) atoms. The van der Waals surface area contributed by atoms with Crippen molar-refractivity contribution in [2.24, 2.45) is 4.99 Å². The first kappa shape index (κ1) is 24.0. The summed E-state index contributed by atoms with van der Waals surface area (Å²) >= 11 is 1.82. The van der Waals surface area contributed by atoms with E-state index in [1.54, 1.807) is 19.2 Å². The predicted molar refractivity (Wildman–Crippen MR) is 130 cm³/mol. The average Bonchev–Trinajstić information content (AvgIpc) is 2.75. The predicted octanol–water partition coefficient (Wildman–Crippen LogP) is 4.45. The van der Waals surface area contributed by atoms with E-state index in [2.05, 4.69) is 39.9 Å². The number of ether oxygens (including phenoxy) is 1. The highest BCUT2D eigenvalue weighted by Crippen LogP contribution is 2.34. The van der Waals surface area contributed by atoms with Gasteiger partial charge in [-0.05, 0) is 42.7 Å². The van der Waals surface area contributed by atoms with Gasteiger partial charge < -0.3 is 15.4 Å². The molecule has 2 aromatic rings. The molecule has 0 radical (unpaired) electrons.